The SMILES string of the molecule is O=c1c2ccccc2c(=O)n2n1CC=C1CCC[C@@H](O)[C@@H]12. The summed E-state index contributed by atoms with van der Waals surface area (Å²) >= 11 is 0. The second-order valence-electron chi connectivity index (χ2n) is 5.77. The van der Waals surface area contributed by atoms with Gasteiger partial charge in [-0.15, -0.1) is 0 Å². The van der Waals surface area contributed by atoms with E-state index in [1.165, 1.54) is 9.36 Å². The molecule has 1 aromatic carbocycles. The highest BCUT2D eigenvalue weighted by atomic mass is 16.3. The number of aliphatic hydroxyl groups is 1. The molecule has 2 aliphatic rings. The highest BCUT2D eigenvalue weighted by Gasteiger charge is 2.34. The van der Waals surface area contributed by atoms with E-state index in [9.17, 15) is 14.7 Å². The van der Waals surface area contributed by atoms with Crippen molar-refractivity contribution >= 4 is 10.8 Å². The van der Waals surface area contributed by atoms with Crippen LogP contribution in [0.4, 0.5) is 0 Å². The first-order valence-corrected chi connectivity index (χ1v) is 7.30. The number of aromatic nitrogens is 2. The van der Waals surface area contributed by atoms with E-state index in [1.807, 2.05) is 6.08 Å². The van der Waals surface area contributed by atoms with Gasteiger partial charge in [-0.2, -0.15) is 0 Å². The lowest BCUT2D eigenvalue weighted by Crippen LogP contribution is -2.47. The van der Waals surface area contributed by atoms with Crippen molar-refractivity contribution in [1.82, 2.24) is 9.36 Å². The Kier molecular flexibility index (Phi) is 2.65. The van der Waals surface area contributed by atoms with Crippen molar-refractivity contribution in [2.75, 3.05) is 0 Å². The third-order valence-corrected chi connectivity index (χ3v) is 4.59. The molecule has 1 N–H and O–H groups in total. The van der Waals surface area contributed by atoms with E-state index >= 15 is 0 Å². The van der Waals surface area contributed by atoms with Crippen LogP contribution in [-0.4, -0.2) is 20.6 Å². The van der Waals surface area contributed by atoms with Gasteiger partial charge in [0.1, 0.15) is 6.04 Å². The Bertz CT molecular complexity index is 875. The Labute approximate surface area is 120 Å². The topological polar surface area (TPSA) is 64.2 Å². The molecule has 0 radical (unpaired) electrons. The van der Waals surface area contributed by atoms with Gasteiger partial charge in [-0.25, -0.2) is 9.36 Å². The third-order valence-electron chi connectivity index (χ3n) is 4.59. The fourth-order valence-electron chi connectivity index (χ4n) is 3.59. The summed E-state index contributed by atoms with van der Waals surface area (Å²) < 4.78 is 2.94. The minimum atomic E-state index is -0.602. The number of fused-ring (bicyclic) bond motifs is 4. The van der Waals surface area contributed by atoms with E-state index in [2.05, 4.69) is 0 Å². The fraction of sp³-hybridized carbons (Fsp3) is 0.375. The summed E-state index contributed by atoms with van der Waals surface area (Å²) in [5.41, 5.74) is 0.713. The van der Waals surface area contributed by atoms with Crippen molar-refractivity contribution < 1.29 is 5.11 Å². The Balaban J connectivity index is 2.10. The van der Waals surface area contributed by atoms with Crippen LogP contribution in [0, 0.1) is 0 Å². The maximum Gasteiger partial charge on any atom is 0.273 e. The van der Waals surface area contributed by atoms with Crippen molar-refractivity contribution in [2.45, 2.75) is 38.0 Å². The summed E-state index contributed by atoms with van der Waals surface area (Å²) in [7, 11) is 0. The van der Waals surface area contributed by atoms with Gasteiger partial charge in [0.25, 0.3) is 11.1 Å². The van der Waals surface area contributed by atoms with Gasteiger partial charge in [0.05, 0.1) is 23.4 Å². The molecule has 2 heterocycles. The van der Waals surface area contributed by atoms with Gasteiger partial charge < -0.3 is 5.11 Å². The van der Waals surface area contributed by atoms with Crippen LogP contribution in [0.2, 0.25) is 0 Å². The van der Waals surface area contributed by atoms with Gasteiger partial charge in [-0.1, -0.05) is 18.2 Å². The van der Waals surface area contributed by atoms with Crippen molar-refractivity contribution in [3.05, 3.63) is 56.6 Å². The molecule has 2 aromatic rings. The van der Waals surface area contributed by atoms with E-state index in [0.717, 1.165) is 18.4 Å². The van der Waals surface area contributed by atoms with Gasteiger partial charge in [-0.3, -0.25) is 9.59 Å². The molecule has 0 saturated heterocycles. The standard InChI is InChI=1S/C16H16N2O3/c19-13-7-3-4-10-8-9-17-15(20)11-5-1-2-6-12(11)16(21)18(17)14(10)13/h1-2,5-6,8,13-14,19H,3-4,7,9H2/t13-,14-/m1/s1. The average molecular weight is 284 g/mol. The summed E-state index contributed by atoms with van der Waals surface area (Å²) in [6.45, 7) is 0.400. The van der Waals surface area contributed by atoms with E-state index in [1.54, 1.807) is 24.3 Å². The van der Waals surface area contributed by atoms with Gasteiger partial charge >= 0.3 is 0 Å². The predicted molar refractivity (Wildman–Crippen MR) is 79.4 cm³/mol. The normalized spacial score (nSPS) is 24.3. The minimum Gasteiger partial charge on any atom is -0.391 e. The molecule has 0 unspecified atom stereocenters. The highest BCUT2D eigenvalue weighted by molar-refractivity contribution is 5.80. The highest BCUT2D eigenvalue weighted by Crippen LogP contribution is 2.34. The molecule has 108 valence electrons. The van der Waals surface area contributed by atoms with Crippen LogP contribution in [0.5, 0.6) is 0 Å². The number of hydrogen-bond donors (Lipinski definition) is 1. The van der Waals surface area contributed by atoms with Gasteiger partial charge in [0.15, 0.2) is 0 Å². The first kappa shape index (κ1) is 12.6. The first-order valence-electron chi connectivity index (χ1n) is 7.30. The molecule has 0 amide bonds. The molecule has 2 atom stereocenters. The molecule has 1 saturated carbocycles. The average Bonchev–Trinajstić information content (AvgIpc) is 2.52. The maximum absolute atomic E-state index is 12.8. The Morgan fingerprint density at radius 1 is 1.10 bits per heavy atom. The predicted octanol–water partition coefficient (Wildman–Crippen LogP) is 1.19. The Hall–Kier alpha value is -2.14. The van der Waals surface area contributed by atoms with Crippen LogP contribution in [-0.2, 0) is 6.54 Å². The second kappa shape index (κ2) is 4.43. The van der Waals surface area contributed by atoms with Crippen LogP contribution in [0.3, 0.4) is 0 Å². The van der Waals surface area contributed by atoms with Crippen LogP contribution in [0.25, 0.3) is 10.8 Å². The Morgan fingerprint density at radius 2 is 1.81 bits per heavy atom. The second-order valence-corrected chi connectivity index (χ2v) is 5.77. The summed E-state index contributed by atoms with van der Waals surface area (Å²) in [5, 5.41) is 11.2. The number of nitrogens with zero attached hydrogens (tertiary/aromatic N) is 2. The molecular formula is C16H16N2O3. The van der Waals surface area contributed by atoms with Gasteiger partial charge in [0, 0.05) is 0 Å². The van der Waals surface area contributed by atoms with Crippen molar-refractivity contribution in [2.24, 2.45) is 0 Å². The van der Waals surface area contributed by atoms with Crippen molar-refractivity contribution in [1.29, 1.82) is 0 Å². The summed E-state index contributed by atoms with van der Waals surface area (Å²) in [5.74, 6) is 0. The number of benzene rings is 1. The van der Waals surface area contributed by atoms with Crippen molar-refractivity contribution in [3.63, 3.8) is 0 Å². The minimum absolute atomic E-state index is 0.168. The first-order chi connectivity index (χ1) is 10.2. The Morgan fingerprint density at radius 3 is 2.57 bits per heavy atom. The van der Waals surface area contributed by atoms with Gasteiger partial charge in [0.2, 0.25) is 0 Å². The fourth-order valence-corrected chi connectivity index (χ4v) is 3.59. The summed E-state index contributed by atoms with van der Waals surface area (Å²) in [6.07, 6.45) is 3.86. The molecule has 5 nitrogen and oxygen atoms in total. The van der Waals surface area contributed by atoms with Crippen LogP contribution in [0.1, 0.15) is 25.3 Å². The van der Waals surface area contributed by atoms with E-state index in [-0.39, 0.29) is 11.1 Å². The number of rotatable bonds is 0. The molecule has 1 aliphatic heterocycles. The molecule has 1 aromatic heterocycles. The lowest BCUT2D eigenvalue weighted by Gasteiger charge is -2.36. The quantitative estimate of drug-likeness (QED) is 0.739. The zero-order valence-electron chi connectivity index (χ0n) is 11.5. The maximum atomic E-state index is 12.8. The summed E-state index contributed by atoms with van der Waals surface area (Å²) in [4.78, 5) is 25.4. The summed E-state index contributed by atoms with van der Waals surface area (Å²) in [6, 6.07) is 6.50. The number of allylic oxidation sites excluding steroid dienone is 1. The molecular weight excluding hydrogens is 268 g/mol. The van der Waals surface area contributed by atoms with Crippen LogP contribution >= 0.6 is 0 Å². The van der Waals surface area contributed by atoms with E-state index in [4.69, 9.17) is 0 Å². The largest absolute Gasteiger partial charge is 0.391 e. The van der Waals surface area contributed by atoms with Gasteiger partial charge in [-0.05, 0) is 37.0 Å². The molecule has 0 spiro atoms. The zero-order valence-corrected chi connectivity index (χ0v) is 11.5. The lowest BCUT2D eigenvalue weighted by molar-refractivity contribution is 0.0822. The molecule has 4 rings (SSSR count). The van der Waals surface area contributed by atoms with Crippen molar-refractivity contribution in [3.8, 4) is 0 Å². The van der Waals surface area contributed by atoms with E-state index < -0.39 is 12.1 Å². The molecule has 0 bridgehead atoms. The monoisotopic (exact) mass is 284 g/mol. The van der Waals surface area contributed by atoms with Crippen LogP contribution in [0.15, 0.2) is 45.5 Å². The molecule has 1 fully saturated rings. The van der Waals surface area contributed by atoms with Crippen LogP contribution < -0.4 is 11.1 Å². The van der Waals surface area contributed by atoms with E-state index in [0.29, 0.717) is 23.7 Å². The molecule has 21 heavy (non-hydrogen) atoms. The number of aliphatic hydroxyl groups excluding tert-OH is 1. The number of hydrogen-bond acceptors (Lipinski definition) is 3. The zero-order chi connectivity index (χ0) is 14.6. The molecule has 1 aliphatic carbocycles. The molecule has 5 heteroatoms. The lowest BCUT2D eigenvalue weighted by atomic mass is 9.86. The smallest absolute Gasteiger partial charge is 0.273 e. The third kappa shape index (κ3) is 1.67.